The summed E-state index contributed by atoms with van der Waals surface area (Å²) in [5.74, 6) is 0.0332. The Hall–Kier alpha value is -0.810. The van der Waals surface area contributed by atoms with E-state index in [2.05, 4.69) is 0 Å². The summed E-state index contributed by atoms with van der Waals surface area (Å²) in [6.45, 7) is 1.61. The van der Waals surface area contributed by atoms with Crippen LogP contribution in [0.4, 0.5) is 0 Å². The maximum atomic E-state index is 12.3. The van der Waals surface area contributed by atoms with E-state index in [4.69, 9.17) is 33.7 Å². The van der Waals surface area contributed by atoms with E-state index in [-0.39, 0.29) is 12.0 Å². The van der Waals surface area contributed by atoms with Crippen molar-refractivity contribution in [3.8, 4) is 0 Å². The van der Waals surface area contributed by atoms with Crippen LogP contribution in [-0.2, 0) is 9.53 Å². The maximum Gasteiger partial charge on any atom is 0.242 e. The number of nitrogens with zero attached hydrogens (tertiary/aromatic N) is 1. The molecule has 1 atom stereocenters. The van der Waals surface area contributed by atoms with Gasteiger partial charge in [0.1, 0.15) is 6.10 Å². The minimum atomic E-state index is -0.625. The van der Waals surface area contributed by atoms with Gasteiger partial charge in [-0.3, -0.25) is 4.79 Å². The number of ether oxygens (including phenoxy) is 1. The van der Waals surface area contributed by atoms with E-state index in [1.54, 1.807) is 17.0 Å². The molecule has 1 aromatic rings. The van der Waals surface area contributed by atoms with Crippen molar-refractivity contribution in [2.24, 2.45) is 5.73 Å². The molecule has 1 aromatic carbocycles. The molecule has 2 aliphatic rings. The third-order valence-corrected chi connectivity index (χ3v) is 4.62. The Kier molecular flexibility index (Phi) is 3.67. The highest BCUT2D eigenvalue weighted by Crippen LogP contribution is 2.36. The minimum absolute atomic E-state index is 0.0332. The van der Waals surface area contributed by atoms with Crippen LogP contribution in [0.2, 0.25) is 10.0 Å². The van der Waals surface area contributed by atoms with Crippen molar-refractivity contribution in [3.63, 3.8) is 0 Å². The summed E-state index contributed by atoms with van der Waals surface area (Å²) in [7, 11) is 0. The monoisotopic (exact) mass is 314 g/mol. The minimum Gasteiger partial charge on any atom is -0.370 e. The van der Waals surface area contributed by atoms with Crippen LogP contribution in [0.25, 0.3) is 0 Å². The number of benzene rings is 1. The molecule has 0 radical (unpaired) electrons. The van der Waals surface area contributed by atoms with E-state index in [9.17, 15) is 4.79 Å². The Morgan fingerprint density at radius 1 is 1.35 bits per heavy atom. The van der Waals surface area contributed by atoms with Crippen LogP contribution in [0, 0.1) is 0 Å². The van der Waals surface area contributed by atoms with Crippen LogP contribution in [0.15, 0.2) is 18.2 Å². The van der Waals surface area contributed by atoms with Gasteiger partial charge in [-0.1, -0.05) is 29.3 Å². The lowest BCUT2D eigenvalue weighted by molar-refractivity contribution is -0.141. The molecule has 1 aliphatic carbocycles. The number of nitrogens with two attached hydrogens (primary N) is 1. The molecular formula is C14H16Cl2N2O2. The average Bonchev–Trinajstić information content (AvgIpc) is 3.20. The first-order valence-corrected chi connectivity index (χ1v) is 7.40. The quantitative estimate of drug-likeness (QED) is 0.912. The number of carbonyl (C=O) groups is 1. The van der Waals surface area contributed by atoms with Crippen LogP contribution >= 0.6 is 23.2 Å². The zero-order valence-electron chi connectivity index (χ0n) is 10.9. The molecular weight excluding hydrogens is 299 g/mol. The largest absolute Gasteiger partial charge is 0.370 e. The number of rotatable bonds is 2. The molecule has 2 N–H and O–H groups in total. The van der Waals surface area contributed by atoms with Gasteiger partial charge in [0.15, 0.2) is 0 Å². The van der Waals surface area contributed by atoms with E-state index in [1.807, 2.05) is 6.07 Å². The van der Waals surface area contributed by atoms with Gasteiger partial charge in [-0.2, -0.15) is 0 Å². The second-order valence-corrected chi connectivity index (χ2v) is 6.25. The van der Waals surface area contributed by atoms with Gasteiger partial charge >= 0.3 is 0 Å². The van der Waals surface area contributed by atoms with E-state index < -0.39 is 5.54 Å². The standard InChI is InChI=1S/C14H16Cl2N2O2/c15-10-2-1-9(7-11(10)16)12-8-18(5-6-20-12)13(19)14(17)3-4-14/h1-2,7,12H,3-6,8,17H2/t12-/m1/s1. The lowest BCUT2D eigenvalue weighted by Gasteiger charge is -2.34. The predicted molar refractivity (Wildman–Crippen MR) is 77.9 cm³/mol. The summed E-state index contributed by atoms with van der Waals surface area (Å²) in [6.07, 6.45) is 1.38. The van der Waals surface area contributed by atoms with Crippen LogP contribution in [0.3, 0.4) is 0 Å². The van der Waals surface area contributed by atoms with Crippen molar-refractivity contribution >= 4 is 29.1 Å². The first-order chi connectivity index (χ1) is 9.49. The molecule has 0 bridgehead atoms. The third kappa shape index (κ3) is 2.66. The molecule has 108 valence electrons. The summed E-state index contributed by atoms with van der Waals surface area (Å²) in [5, 5.41) is 1.01. The number of morpholine rings is 1. The molecule has 1 saturated heterocycles. The van der Waals surface area contributed by atoms with Gasteiger partial charge in [-0.05, 0) is 30.5 Å². The second-order valence-electron chi connectivity index (χ2n) is 5.44. The van der Waals surface area contributed by atoms with Crippen LogP contribution in [0.5, 0.6) is 0 Å². The van der Waals surface area contributed by atoms with Gasteiger partial charge in [-0.25, -0.2) is 0 Å². The highest BCUT2D eigenvalue weighted by molar-refractivity contribution is 6.42. The highest BCUT2D eigenvalue weighted by atomic mass is 35.5. The van der Waals surface area contributed by atoms with E-state index in [0.29, 0.717) is 29.7 Å². The number of hydrogen-bond acceptors (Lipinski definition) is 3. The molecule has 1 heterocycles. The normalized spacial score (nSPS) is 24.6. The number of hydrogen-bond donors (Lipinski definition) is 1. The lowest BCUT2D eigenvalue weighted by atomic mass is 10.1. The maximum absolute atomic E-state index is 12.3. The second kappa shape index (κ2) is 5.19. The molecule has 4 nitrogen and oxygen atoms in total. The highest BCUT2D eigenvalue weighted by Gasteiger charge is 2.48. The van der Waals surface area contributed by atoms with Crippen molar-refractivity contribution in [2.75, 3.05) is 19.7 Å². The van der Waals surface area contributed by atoms with Gasteiger partial charge in [-0.15, -0.1) is 0 Å². The summed E-state index contributed by atoms with van der Waals surface area (Å²) >= 11 is 11.9. The Morgan fingerprint density at radius 3 is 2.75 bits per heavy atom. The van der Waals surface area contributed by atoms with Crippen LogP contribution < -0.4 is 5.73 Å². The topological polar surface area (TPSA) is 55.6 Å². The zero-order chi connectivity index (χ0) is 14.3. The Labute approximate surface area is 127 Å². The van der Waals surface area contributed by atoms with E-state index in [0.717, 1.165) is 18.4 Å². The fourth-order valence-electron chi connectivity index (χ4n) is 2.41. The predicted octanol–water partition coefficient (Wildman–Crippen LogP) is 2.38. The van der Waals surface area contributed by atoms with Crippen LogP contribution in [-0.4, -0.2) is 36.0 Å². The molecule has 20 heavy (non-hydrogen) atoms. The molecule has 0 unspecified atom stereocenters. The van der Waals surface area contributed by atoms with Crippen molar-refractivity contribution < 1.29 is 9.53 Å². The summed E-state index contributed by atoms with van der Waals surface area (Å²) in [4.78, 5) is 14.1. The van der Waals surface area contributed by atoms with Crippen molar-refractivity contribution in [3.05, 3.63) is 33.8 Å². The molecule has 1 aliphatic heterocycles. The number of amides is 1. The Bertz CT molecular complexity index is 546. The van der Waals surface area contributed by atoms with Crippen molar-refractivity contribution in [2.45, 2.75) is 24.5 Å². The van der Waals surface area contributed by atoms with E-state index >= 15 is 0 Å². The Morgan fingerprint density at radius 2 is 2.10 bits per heavy atom. The summed E-state index contributed by atoms with van der Waals surface area (Å²) in [5.41, 5.74) is 6.28. The molecule has 0 spiro atoms. The molecule has 1 saturated carbocycles. The Balaban J connectivity index is 1.74. The fourth-order valence-corrected chi connectivity index (χ4v) is 2.72. The first kappa shape index (κ1) is 14.1. The van der Waals surface area contributed by atoms with Gasteiger partial charge in [0.05, 0.1) is 28.7 Å². The SMILES string of the molecule is NC1(C(=O)N2CCO[C@@H](c3ccc(Cl)c(Cl)c3)C2)CC1. The van der Waals surface area contributed by atoms with Gasteiger partial charge < -0.3 is 15.4 Å². The van der Waals surface area contributed by atoms with Crippen molar-refractivity contribution in [1.82, 2.24) is 4.90 Å². The molecule has 0 aromatic heterocycles. The summed E-state index contributed by atoms with van der Waals surface area (Å²) in [6, 6.07) is 5.41. The number of carbonyl (C=O) groups excluding carboxylic acids is 1. The van der Waals surface area contributed by atoms with E-state index in [1.165, 1.54) is 0 Å². The van der Waals surface area contributed by atoms with Gasteiger partial charge in [0.2, 0.25) is 5.91 Å². The van der Waals surface area contributed by atoms with Gasteiger partial charge in [0, 0.05) is 6.54 Å². The smallest absolute Gasteiger partial charge is 0.242 e. The molecule has 2 fully saturated rings. The average molecular weight is 315 g/mol. The molecule has 3 rings (SSSR count). The first-order valence-electron chi connectivity index (χ1n) is 6.64. The zero-order valence-corrected chi connectivity index (χ0v) is 12.5. The van der Waals surface area contributed by atoms with Crippen molar-refractivity contribution in [1.29, 1.82) is 0 Å². The number of halogens is 2. The summed E-state index contributed by atoms with van der Waals surface area (Å²) < 4.78 is 5.74. The third-order valence-electron chi connectivity index (χ3n) is 3.88. The van der Waals surface area contributed by atoms with Gasteiger partial charge in [0.25, 0.3) is 0 Å². The molecule has 1 amide bonds. The lowest BCUT2D eigenvalue weighted by Crippen LogP contribution is -2.50. The van der Waals surface area contributed by atoms with Crippen LogP contribution in [0.1, 0.15) is 24.5 Å². The fraction of sp³-hybridized carbons (Fsp3) is 0.500. The molecule has 6 heteroatoms.